The first-order valence-corrected chi connectivity index (χ1v) is 9.95. The number of sulfone groups is 1. The zero-order valence-corrected chi connectivity index (χ0v) is 14.3. The largest absolute Gasteiger partial charge is 0.322 e. The third-order valence-electron chi connectivity index (χ3n) is 4.69. The number of piperazine rings is 1. The number of nitrogens with one attached hydrogen (secondary N) is 3. The quantitative estimate of drug-likeness (QED) is 0.729. The van der Waals surface area contributed by atoms with Crippen LogP contribution in [0.1, 0.15) is 0 Å². The SMILES string of the molecule is O=C(Nc1ccc(-c2ccn[nH]2)cc1)N1CCN[C@@H]2CS(=O)(=O)C[C@@H]21. The molecular formula is C16H19N5O3S. The molecule has 0 spiro atoms. The molecule has 2 aliphatic rings. The van der Waals surface area contributed by atoms with Crippen LogP contribution in [0, 0.1) is 0 Å². The van der Waals surface area contributed by atoms with Crippen LogP contribution < -0.4 is 10.6 Å². The Morgan fingerprint density at radius 2 is 2.00 bits per heavy atom. The molecule has 3 heterocycles. The second-order valence-corrected chi connectivity index (χ2v) is 8.53. The fourth-order valence-electron chi connectivity index (χ4n) is 3.46. The summed E-state index contributed by atoms with van der Waals surface area (Å²) in [5, 5.41) is 12.9. The number of anilines is 1. The first kappa shape index (κ1) is 16.1. The second-order valence-electron chi connectivity index (χ2n) is 6.38. The number of nitrogens with zero attached hydrogens (tertiary/aromatic N) is 2. The van der Waals surface area contributed by atoms with Crippen molar-refractivity contribution in [2.24, 2.45) is 0 Å². The number of H-pyrrole nitrogens is 1. The summed E-state index contributed by atoms with van der Waals surface area (Å²) in [6.07, 6.45) is 1.68. The molecule has 0 saturated carbocycles. The van der Waals surface area contributed by atoms with E-state index >= 15 is 0 Å². The van der Waals surface area contributed by atoms with Gasteiger partial charge in [-0.05, 0) is 23.8 Å². The van der Waals surface area contributed by atoms with Crippen LogP contribution in [0.2, 0.25) is 0 Å². The Morgan fingerprint density at radius 1 is 1.20 bits per heavy atom. The fourth-order valence-corrected chi connectivity index (χ4v) is 5.42. The highest BCUT2D eigenvalue weighted by molar-refractivity contribution is 7.91. The summed E-state index contributed by atoms with van der Waals surface area (Å²) in [6.45, 7) is 1.09. The lowest BCUT2D eigenvalue weighted by atomic mass is 10.1. The average molecular weight is 361 g/mol. The van der Waals surface area contributed by atoms with Gasteiger partial charge in [0.05, 0.1) is 23.2 Å². The number of aromatic amines is 1. The Balaban J connectivity index is 1.46. The van der Waals surface area contributed by atoms with Crippen LogP contribution in [-0.2, 0) is 9.84 Å². The number of benzene rings is 1. The van der Waals surface area contributed by atoms with Gasteiger partial charge in [0.25, 0.3) is 0 Å². The monoisotopic (exact) mass is 361 g/mol. The number of aromatic nitrogens is 2. The molecule has 132 valence electrons. The van der Waals surface area contributed by atoms with Crippen molar-refractivity contribution < 1.29 is 13.2 Å². The Hall–Kier alpha value is -2.39. The lowest BCUT2D eigenvalue weighted by Gasteiger charge is -2.37. The highest BCUT2D eigenvalue weighted by Crippen LogP contribution is 2.23. The predicted octanol–water partition coefficient (Wildman–Crippen LogP) is 0.679. The normalized spacial score (nSPS) is 24.7. The van der Waals surface area contributed by atoms with E-state index in [1.807, 2.05) is 30.3 Å². The molecule has 2 fully saturated rings. The van der Waals surface area contributed by atoms with E-state index in [2.05, 4.69) is 20.8 Å². The van der Waals surface area contributed by atoms with Gasteiger partial charge in [0.2, 0.25) is 0 Å². The van der Waals surface area contributed by atoms with E-state index in [0.717, 1.165) is 11.3 Å². The van der Waals surface area contributed by atoms with Crippen molar-refractivity contribution >= 4 is 21.6 Å². The van der Waals surface area contributed by atoms with E-state index in [1.165, 1.54) is 0 Å². The fraction of sp³-hybridized carbons (Fsp3) is 0.375. The molecule has 0 radical (unpaired) electrons. The van der Waals surface area contributed by atoms with Gasteiger partial charge in [0.15, 0.2) is 9.84 Å². The van der Waals surface area contributed by atoms with Crippen LogP contribution in [0.5, 0.6) is 0 Å². The van der Waals surface area contributed by atoms with Crippen molar-refractivity contribution in [3.05, 3.63) is 36.5 Å². The van der Waals surface area contributed by atoms with Crippen LogP contribution in [0.25, 0.3) is 11.3 Å². The molecule has 0 bridgehead atoms. The van der Waals surface area contributed by atoms with E-state index in [-0.39, 0.29) is 29.6 Å². The van der Waals surface area contributed by atoms with Gasteiger partial charge in [0, 0.05) is 31.0 Å². The smallest absolute Gasteiger partial charge is 0.318 e. The van der Waals surface area contributed by atoms with E-state index < -0.39 is 9.84 Å². The number of amides is 2. The maximum atomic E-state index is 12.6. The molecule has 9 heteroatoms. The molecule has 1 aromatic carbocycles. The number of hydrogen-bond acceptors (Lipinski definition) is 5. The third kappa shape index (κ3) is 3.24. The van der Waals surface area contributed by atoms with Crippen LogP contribution in [0.15, 0.2) is 36.5 Å². The number of hydrogen-bond donors (Lipinski definition) is 3. The van der Waals surface area contributed by atoms with Gasteiger partial charge in [-0.15, -0.1) is 0 Å². The van der Waals surface area contributed by atoms with Crippen molar-refractivity contribution in [2.45, 2.75) is 12.1 Å². The highest BCUT2D eigenvalue weighted by atomic mass is 32.2. The Kier molecular flexibility index (Phi) is 3.97. The molecular weight excluding hydrogens is 342 g/mol. The molecule has 3 N–H and O–H groups in total. The van der Waals surface area contributed by atoms with Crippen molar-refractivity contribution in [3.8, 4) is 11.3 Å². The average Bonchev–Trinajstić information content (AvgIpc) is 3.21. The molecule has 1 aromatic heterocycles. The molecule has 0 unspecified atom stereocenters. The number of urea groups is 1. The van der Waals surface area contributed by atoms with Gasteiger partial charge in [0.1, 0.15) is 0 Å². The van der Waals surface area contributed by atoms with Gasteiger partial charge in [-0.3, -0.25) is 5.10 Å². The summed E-state index contributed by atoms with van der Waals surface area (Å²) in [5.74, 6) is 0.122. The van der Waals surface area contributed by atoms with E-state index in [4.69, 9.17) is 0 Å². The minimum absolute atomic E-state index is 0.0247. The Bertz CT molecular complexity index is 864. The topological polar surface area (TPSA) is 107 Å². The van der Waals surface area contributed by atoms with E-state index in [9.17, 15) is 13.2 Å². The zero-order chi connectivity index (χ0) is 17.4. The maximum absolute atomic E-state index is 12.6. The lowest BCUT2D eigenvalue weighted by molar-refractivity contribution is 0.163. The third-order valence-corrected chi connectivity index (χ3v) is 6.41. The first-order valence-electron chi connectivity index (χ1n) is 8.13. The van der Waals surface area contributed by atoms with Gasteiger partial charge in [-0.25, -0.2) is 13.2 Å². The highest BCUT2D eigenvalue weighted by Gasteiger charge is 2.44. The van der Waals surface area contributed by atoms with Crippen molar-refractivity contribution in [3.63, 3.8) is 0 Å². The van der Waals surface area contributed by atoms with Gasteiger partial charge < -0.3 is 15.5 Å². The van der Waals surface area contributed by atoms with E-state index in [0.29, 0.717) is 18.8 Å². The number of rotatable bonds is 2. The minimum atomic E-state index is -3.09. The Labute approximate surface area is 145 Å². The predicted molar refractivity (Wildman–Crippen MR) is 94.0 cm³/mol. The molecule has 2 aromatic rings. The van der Waals surface area contributed by atoms with Gasteiger partial charge >= 0.3 is 6.03 Å². The summed E-state index contributed by atoms with van der Waals surface area (Å²) < 4.78 is 23.7. The molecule has 2 atom stereocenters. The Morgan fingerprint density at radius 3 is 2.72 bits per heavy atom. The minimum Gasteiger partial charge on any atom is -0.318 e. The summed E-state index contributed by atoms with van der Waals surface area (Å²) in [4.78, 5) is 14.2. The summed E-state index contributed by atoms with van der Waals surface area (Å²) in [5.41, 5.74) is 2.54. The van der Waals surface area contributed by atoms with Crippen LogP contribution in [-0.4, -0.2) is 66.2 Å². The number of carbonyl (C=O) groups excluding carboxylic acids is 1. The summed E-state index contributed by atoms with van der Waals surface area (Å²) in [7, 11) is -3.09. The second kappa shape index (κ2) is 6.16. The standard InChI is InChI=1S/C16H19N5O3S/c22-16(21-8-7-17-14-9-25(23,24)10-15(14)21)19-12-3-1-11(2-4-12)13-5-6-18-20-13/h1-6,14-15,17H,7-10H2,(H,18,20)(H,19,22)/t14-,15+/m1/s1. The van der Waals surface area contributed by atoms with Gasteiger partial charge in [-0.2, -0.15) is 5.10 Å². The maximum Gasteiger partial charge on any atom is 0.322 e. The van der Waals surface area contributed by atoms with Crippen LogP contribution in [0.4, 0.5) is 10.5 Å². The van der Waals surface area contributed by atoms with Crippen LogP contribution in [0.3, 0.4) is 0 Å². The van der Waals surface area contributed by atoms with E-state index in [1.54, 1.807) is 11.1 Å². The number of fused-ring (bicyclic) bond motifs is 1. The zero-order valence-electron chi connectivity index (χ0n) is 13.5. The van der Waals surface area contributed by atoms with Crippen molar-refractivity contribution in [1.29, 1.82) is 0 Å². The summed E-state index contributed by atoms with van der Waals surface area (Å²) >= 11 is 0. The van der Waals surface area contributed by atoms with Gasteiger partial charge in [-0.1, -0.05) is 12.1 Å². The number of carbonyl (C=O) groups is 1. The molecule has 8 nitrogen and oxygen atoms in total. The van der Waals surface area contributed by atoms with Crippen molar-refractivity contribution in [1.82, 2.24) is 20.4 Å². The lowest BCUT2D eigenvalue weighted by Crippen LogP contribution is -2.59. The molecule has 25 heavy (non-hydrogen) atoms. The first-order chi connectivity index (χ1) is 12.0. The van der Waals surface area contributed by atoms with Crippen LogP contribution >= 0.6 is 0 Å². The molecule has 2 aliphatic heterocycles. The molecule has 2 amide bonds. The van der Waals surface area contributed by atoms with Crippen molar-refractivity contribution in [2.75, 3.05) is 29.9 Å². The molecule has 4 rings (SSSR count). The molecule has 0 aliphatic carbocycles. The molecule has 2 saturated heterocycles. The summed E-state index contributed by atoms with van der Waals surface area (Å²) in [6, 6.07) is 8.55.